The number of nitrogens with zero attached hydrogens (tertiary/aromatic N) is 1. The summed E-state index contributed by atoms with van der Waals surface area (Å²) < 4.78 is 5.64. The lowest BCUT2D eigenvalue weighted by Gasteiger charge is -2.10. The highest BCUT2D eigenvalue weighted by Crippen LogP contribution is 2.24. The zero-order valence-electron chi connectivity index (χ0n) is 14.0. The van der Waals surface area contributed by atoms with Gasteiger partial charge in [-0.05, 0) is 30.7 Å². The minimum absolute atomic E-state index is 0.0765. The summed E-state index contributed by atoms with van der Waals surface area (Å²) in [4.78, 5) is 16.4. The van der Waals surface area contributed by atoms with E-state index in [0.29, 0.717) is 23.6 Å². The van der Waals surface area contributed by atoms with Gasteiger partial charge in [-0.15, -0.1) is 0 Å². The second kappa shape index (κ2) is 7.63. The average molecular weight is 336 g/mol. The highest BCUT2D eigenvalue weighted by molar-refractivity contribution is 5.86. The van der Waals surface area contributed by atoms with Crippen LogP contribution < -0.4 is 21.3 Å². The van der Waals surface area contributed by atoms with Gasteiger partial charge in [0.25, 0.3) is 5.91 Å². The smallest absolute Gasteiger partial charge is 0.258 e. The monoisotopic (exact) mass is 336 g/mol. The minimum atomic E-state index is -0.189. The first-order valence-corrected chi connectivity index (χ1v) is 7.97. The van der Waals surface area contributed by atoms with Gasteiger partial charge < -0.3 is 15.5 Å². The van der Waals surface area contributed by atoms with Gasteiger partial charge in [-0.1, -0.05) is 42.0 Å². The standard InChI is InChI=1S/C19H20N4O2/c1-13-5-7-14(8-6-13)11-21-18(24)12-25-16-4-2-3-15-9-10-17(23-20)22-19(15)16/h2-10H,11-12,20H2,1H3,(H,21,24)(H,22,23). The van der Waals surface area contributed by atoms with E-state index >= 15 is 0 Å². The zero-order valence-corrected chi connectivity index (χ0v) is 14.0. The van der Waals surface area contributed by atoms with E-state index in [9.17, 15) is 4.79 Å². The molecule has 25 heavy (non-hydrogen) atoms. The Morgan fingerprint density at radius 1 is 1.12 bits per heavy atom. The van der Waals surface area contributed by atoms with Crippen molar-refractivity contribution in [3.05, 3.63) is 65.7 Å². The number of amides is 1. The lowest BCUT2D eigenvalue weighted by molar-refractivity contribution is -0.123. The number of hydrazine groups is 1. The number of carbonyl (C=O) groups is 1. The third-order valence-electron chi connectivity index (χ3n) is 3.80. The first-order chi connectivity index (χ1) is 12.2. The highest BCUT2D eigenvalue weighted by atomic mass is 16.5. The molecule has 0 aliphatic heterocycles. The van der Waals surface area contributed by atoms with E-state index in [4.69, 9.17) is 10.6 Å². The van der Waals surface area contributed by atoms with Gasteiger partial charge in [0, 0.05) is 11.9 Å². The Morgan fingerprint density at radius 2 is 1.92 bits per heavy atom. The van der Waals surface area contributed by atoms with Crippen molar-refractivity contribution in [3.8, 4) is 5.75 Å². The van der Waals surface area contributed by atoms with Crippen LogP contribution in [0.1, 0.15) is 11.1 Å². The fraction of sp³-hybridized carbons (Fsp3) is 0.158. The molecule has 0 atom stereocenters. The third-order valence-corrected chi connectivity index (χ3v) is 3.80. The number of hydrogen-bond donors (Lipinski definition) is 3. The molecule has 0 aliphatic carbocycles. The fourth-order valence-electron chi connectivity index (χ4n) is 2.42. The van der Waals surface area contributed by atoms with Gasteiger partial charge in [0.05, 0.1) is 0 Å². The van der Waals surface area contributed by atoms with Crippen LogP contribution in [0.15, 0.2) is 54.6 Å². The maximum atomic E-state index is 12.0. The summed E-state index contributed by atoms with van der Waals surface area (Å²) in [6, 6.07) is 17.3. The van der Waals surface area contributed by atoms with Gasteiger partial charge in [-0.25, -0.2) is 10.8 Å². The number of aryl methyl sites for hydroxylation is 1. The van der Waals surface area contributed by atoms with Crippen molar-refractivity contribution >= 4 is 22.6 Å². The normalized spacial score (nSPS) is 10.5. The number of nitrogens with one attached hydrogen (secondary N) is 2. The molecule has 1 amide bonds. The van der Waals surface area contributed by atoms with E-state index in [1.807, 2.05) is 49.4 Å². The molecule has 6 heteroatoms. The number of para-hydroxylation sites is 1. The number of benzene rings is 2. The molecule has 4 N–H and O–H groups in total. The van der Waals surface area contributed by atoms with Crippen LogP contribution >= 0.6 is 0 Å². The van der Waals surface area contributed by atoms with Crippen molar-refractivity contribution in [2.24, 2.45) is 5.84 Å². The van der Waals surface area contributed by atoms with Gasteiger partial charge >= 0.3 is 0 Å². The number of ether oxygens (including phenoxy) is 1. The van der Waals surface area contributed by atoms with Crippen LogP contribution in [0.3, 0.4) is 0 Å². The Hall–Kier alpha value is -3.12. The summed E-state index contributed by atoms with van der Waals surface area (Å²) in [5.74, 6) is 6.29. The average Bonchev–Trinajstić information content (AvgIpc) is 2.65. The molecule has 1 heterocycles. The quantitative estimate of drug-likeness (QED) is 0.475. The van der Waals surface area contributed by atoms with E-state index in [0.717, 1.165) is 10.9 Å². The maximum Gasteiger partial charge on any atom is 0.258 e. The first kappa shape index (κ1) is 16.7. The van der Waals surface area contributed by atoms with Crippen molar-refractivity contribution in [3.63, 3.8) is 0 Å². The molecule has 0 saturated carbocycles. The van der Waals surface area contributed by atoms with Crippen molar-refractivity contribution in [1.29, 1.82) is 0 Å². The Bertz CT molecular complexity index is 878. The number of anilines is 1. The lowest BCUT2D eigenvalue weighted by atomic mass is 10.1. The molecule has 6 nitrogen and oxygen atoms in total. The van der Waals surface area contributed by atoms with Gasteiger partial charge in [0.2, 0.25) is 0 Å². The van der Waals surface area contributed by atoms with Crippen molar-refractivity contribution in [2.75, 3.05) is 12.0 Å². The molecule has 0 bridgehead atoms. The molecule has 0 radical (unpaired) electrons. The van der Waals surface area contributed by atoms with Gasteiger partial charge in [-0.3, -0.25) is 4.79 Å². The fourth-order valence-corrected chi connectivity index (χ4v) is 2.42. The number of rotatable bonds is 6. The number of nitrogens with two attached hydrogens (primary N) is 1. The molecule has 0 spiro atoms. The number of hydrogen-bond acceptors (Lipinski definition) is 5. The molecule has 0 saturated heterocycles. The number of nitrogen functional groups attached to an aromatic ring is 1. The summed E-state index contributed by atoms with van der Waals surface area (Å²) in [5.41, 5.74) is 5.40. The molecule has 0 unspecified atom stereocenters. The predicted octanol–water partition coefficient (Wildman–Crippen LogP) is 2.52. The van der Waals surface area contributed by atoms with E-state index in [1.165, 1.54) is 5.56 Å². The van der Waals surface area contributed by atoms with E-state index in [2.05, 4.69) is 15.7 Å². The number of carbonyl (C=O) groups excluding carboxylic acids is 1. The lowest BCUT2D eigenvalue weighted by Crippen LogP contribution is -2.28. The first-order valence-electron chi connectivity index (χ1n) is 7.97. The van der Waals surface area contributed by atoms with Crippen molar-refractivity contribution in [2.45, 2.75) is 13.5 Å². The van der Waals surface area contributed by atoms with Crippen LogP contribution in [-0.4, -0.2) is 17.5 Å². The molecule has 128 valence electrons. The summed E-state index contributed by atoms with van der Waals surface area (Å²) >= 11 is 0. The molecule has 0 aliphatic rings. The number of aromatic nitrogens is 1. The Labute approximate surface area is 146 Å². The molecule has 2 aromatic carbocycles. The summed E-state index contributed by atoms with van der Waals surface area (Å²) in [6.07, 6.45) is 0. The molecule has 1 aromatic heterocycles. The SMILES string of the molecule is Cc1ccc(CNC(=O)COc2cccc3ccc(NN)nc23)cc1. The van der Waals surface area contributed by atoms with Gasteiger partial charge in [0.1, 0.15) is 17.1 Å². The van der Waals surface area contributed by atoms with E-state index < -0.39 is 0 Å². The van der Waals surface area contributed by atoms with Crippen molar-refractivity contribution < 1.29 is 9.53 Å². The molecule has 0 fully saturated rings. The molecular formula is C19H20N4O2. The van der Waals surface area contributed by atoms with Crippen LogP contribution in [0, 0.1) is 6.92 Å². The third kappa shape index (κ3) is 4.24. The Balaban J connectivity index is 1.62. The van der Waals surface area contributed by atoms with E-state index in [-0.39, 0.29) is 12.5 Å². The number of fused-ring (bicyclic) bond motifs is 1. The van der Waals surface area contributed by atoms with Crippen molar-refractivity contribution in [1.82, 2.24) is 10.3 Å². The Kier molecular flexibility index (Phi) is 5.11. The number of pyridine rings is 1. The molecule has 3 rings (SSSR count). The maximum absolute atomic E-state index is 12.0. The summed E-state index contributed by atoms with van der Waals surface area (Å²) in [6.45, 7) is 2.42. The van der Waals surface area contributed by atoms with Crippen LogP contribution in [0.5, 0.6) is 5.75 Å². The Morgan fingerprint density at radius 3 is 2.68 bits per heavy atom. The summed E-state index contributed by atoms with van der Waals surface area (Å²) in [5, 5.41) is 3.76. The second-order valence-electron chi connectivity index (χ2n) is 5.72. The van der Waals surface area contributed by atoms with Crippen LogP contribution in [-0.2, 0) is 11.3 Å². The largest absolute Gasteiger partial charge is 0.481 e. The minimum Gasteiger partial charge on any atom is -0.481 e. The van der Waals surface area contributed by atoms with E-state index in [1.54, 1.807) is 12.1 Å². The zero-order chi connectivity index (χ0) is 17.6. The summed E-state index contributed by atoms with van der Waals surface area (Å²) in [7, 11) is 0. The molecule has 3 aromatic rings. The van der Waals surface area contributed by atoms with Crippen LogP contribution in [0.2, 0.25) is 0 Å². The second-order valence-corrected chi connectivity index (χ2v) is 5.72. The van der Waals surface area contributed by atoms with Gasteiger partial charge in [-0.2, -0.15) is 0 Å². The van der Waals surface area contributed by atoms with Crippen LogP contribution in [0.25, 0.3) is 10.9 Å². The topological polar surface area (TPSA) is 89.3 Å². The molecular weight excluding hydrogens is 316 g/mol. The van der Waals surface area contributed by atoms with Crippen LogP contribution in [0.4, 0.5) is 5.82 Å². The van der Waals surface area contributed by atoms with Gasteiger partial charge in [0.15, 0.2) is 6.61 Å². The predicted molar refractivity (Wildman–Crippen MR) is 98.1 cm³/mol. The highest BCUT2D eigenvalue weighted by Gasteiger charge is 2.08.